The van der Waals surface area contributed by atoms with E-state index in [0.29, 0.717) is 24.3 Å². The highest BCUT2D eigenvalue weighted by atomic mass is 32.1. The topological polar surface area (TPSA) is 66.8 Å². The monoisotopic (exact) mass is 399 g/mol. The Morgan fingerprint density at radius 2 is 2.25 bits per heavy atom. The molecule has 0 aromatic carbocycles. The van der Waals surface area contributed by atoms with Gasteiger partial charge in [0.05, 0.1) is 30.7 Å². The molecular formula is C22H25NO4S. The maximum Gasteiger partial charge on any atom is 0.348 e. The first-order valence-corrected chi connectivity index (χ1v) is 10.0. The number of aliphatic hydroxyl groups excluding tert-OH is 1. The van der Waals surface area contributed by atoms with E-state index < -0.39 is 6.10 Å². The van der Waals surface area contributed by atoms with Crippen LogP contribution in [-0.4, -0.2) is 47.7 Å². The van der Waals surface area contributed by atoms with E-state index in [1.54, 1.807) is 30.0 Å². The minimum Gasteiger partial charge on any atom is -0.465 e. The lowest BCUT2D eigenvalue weighted by Crippen LogP contribution is -2.32. The summed E-state index contributed by atoms with van der Waals surface area (Å²) in [6, 6.07) is 3.39. The second-order valence-corrected chi connectivity index (χ2v) is 7.65. The van der Waals surface area contributed by atoms with Crippen LogP contribution in [0.2, 0.25) is 0 Å². The molecule has 148 valence electrons. The number of thiophene rings is 1. The Morgan fingerprint density at radius 3 is 2.96 bits per heavy atom. The van der Waals surface area contributed by atoms with Gasteiger partial charge in [0.2, 0.25) is 5.91 Å². The Kier molecular flexibility index (Phi) is 8.32. The van der Waals surface area contributed by atoms with Gasteiger partial charge in [-0.15, -0.1) is 23.2 Å². The van der Waals surface area contributed by atoms with Crippen molar-refractivity contribution in [2.75, 3.05) is 13.7 Å². The van der Waals surface area contributed by atoms with E-state index in [2.05, 4.69) is 28.4 Å². The molecule has 1 aromatic rings. The van der Waals surface area contributed by atoms with E-state index in [1.165, 1.54) is 18.4 Å². The number of methoxy groups -OCH3 is 1. The van der Waals surface area contributed by atoms with Gasteiger partial charge in [-0.2, -0.15) is 0 Å². The Labute approximate surface area is 170 Å². The summed E-state index contributed by atoms with van der Waals surface area (Å²) in [5, 5.41) is 10.2. The molecule has 0 saturated carbocycles. The van der Waals surface area contributed by atoms with Crippen molar-refractivity contribution in [2.45, 2.75) is 45.3 Å². The van der Waals surface area contributed by atoms with Crippen LogP contribution in [0, 0.1) is 29.6 Å². The number of amides is 1. The van der Waals surface area contributed by atoms with Gasteiger partial charge in [-0.1, -0.05) is 30.9 Å². The molecule has 1 saturated heterocycles. The average Bonchev–Trinajstić information content (AvgIpc) is 3.31. The summed E-state index contributed by atoms with van der Waals surface area (Å²) in [5.74, 6) is 11.5. The number of rotatable bonds is 6. The van der Waals surface area contributed by atoms with Gasteiger partial charge in [0, 0.05) is 12.8 Å². The minimum atomic E-state index is -0.590. The third kappa shape index (κ3) is 5.99. The van der Waals surface area contributed by atoms with E-state index in [-0.39, 0.29) is 23.8 Å². The van der Waals surface area contributed by atoms with Crippen molar-refractivity contribution in [1.29, 1.82) is 0 Å². The van der Waals surface area contributed by atoms with Crippen molar-refractivity contribution in [3.63, 3.8) is 0 Å². The third-order valence-corrected chi connectivity index (χ3v) is 5.52. The lowest BCUT2D eigenvalue weighted by Gasteiger charge is -2.20. The third-order valence-electron chi connectivity index (χ3n) is 4.54. The zero-order valence-electron chi connectivity index (χ0n) is 16.4. The zero-order valence-corrected chi connectivity index (χ0v) is 17.2. The van der Waals surface area contributed by atoms with Gasteiger partial charge in [-0.3, -0.25) is 4.79 Å². The molecule has 1 amide bonds. The molecule has 0 unspecified atom stereocenters. The van der Waals surface area contributed by atoms with Crippen molar-refractivity contribution in [2.24, 2.45) is 5.92 Å². The number of carbonyl (C=O) groups excluding carboxylic acids is 2. The SMILES string of the molecule is CC#CC[C@H](C)[C@@H](O)C=C[C@H]1CCC(=O)N1CC#Cc1ccc(C(=O)OC)s1. The smallest absolute Gasteiger partial charge is 0.348 e. The van der Waals surface area contributed by atoms with Gasteiger partial charge < -0.3 is 14.7 Å². The van der Waals surface area contributed by atoms with E-state index in [0.717, 1.165) is 11.3 Å². The van der Waals surface area contributed by atoms with Crippen LogP contribution in [0.25, 0.3) is 0 Å². The molecule has 5 nitrogen and oxygen atoms in total. The summed E-state index contributed by atoms with van der Waals surface area (Å²) in [4.78, 5) is 26.6. The molecule has 2 rings (SSSR count). The summed E-state index contributed by atoms with van der Waals surface area (Å²) in [7, 11) is 1.34. The average molecular weight is 400 g/mol. The number of carbonyl (C=O) groups is 2. The van der Waals surface area contributed by atoms with Crippen LogP contribution in [-0.2, 0) is 9.53 Å². The van der Waals surface area contributed by atoms with Crippen LogP contribution in [0.1, 0.15) is 47.7 Å². The molecule has 0 aliphatic carbocycles. The van der Waals surface area contributed by atoms with E-state index in [4.69, 9.17) is 0 Å². The van der Waals surface area contributed by atoms with Crippen molar-refractivity contribution >= 4 is 23.2 Å². The molecule has 1 aliphatic rings. The van der Waals surface area contributed by atoms with Crippen LogP contribution >= 0.6 is 11.3 Å². The quantitative estimate of drug-likeness (QED) is 0.454. The number of nitrogens with zero attached hydrogens (tertiary/aromatic N) is 1. The largest absolute Gasteiger partial charge is 0.465 e. The molecule has 1 aromatic heterocycles. The van der Waals surface area contributed by atoms with Gasteiger partial charge in [0.15, 0.2) is 0 Å². The zero-order chi connectivity index (χ0) is 20.5. The first-order chi connectivity index (χ1) is 13.5. The van der Waals surface area contributed by atoms with E-state index >= 15 is 0 Å². The first-order valence-electron chi connectivity index (χ1n) is 9.18. The van der Waals surface area contributed by atoms with Gasteiger partial charge >= 0.3 is 5.97 Å². The van der Waals surface area contributed by atoms with Gasteiger partial charge in [-0.05, 0) is 31.4 Å². The molecule has 2 heterocycles. The number of hydrogen-bond donors (Lipinski definition) is 1. The highest BCUT2D eigenvalue weighted by Gasteiger charge is 2.28. The Morgan fingerprint density at radius 1 is 1.46 bits per heavy atom. The lowest BCUT2D eigenvalue weighted by molar-refractivity contribution is -0.127. The fourth-order valence-electron chi connectivity index (χ4n) is 2.80. The van der Waals surface area contributed by atoms with Gasteiger partial charge in [-0.25, -0.2) is 4.79 Å². The Bertz CT molecular complexity index is 849. The molecule has 3 atom stereocenters. The first kappa shape index (κ1) is 21.8. The molecule has 1 aliphatic heterocycles. The van der Waals surface area contributed by atoms with Gasteiger partial charge in [0.1, 0.15) is 4.88 Å². The summed E-state index contributed by atoms with van der Waals surface area (Å²) >= 11 is 1.26. The van der Waals surface area contributed by atoms with Crippen LogP contribution in [0.3, 0.4) is 0 Å². The number of hydrogen-bond acceptors (Lipinski definition) is 5. The highest BCUT2D eigenvalue weighted by molar-refractivity contribution is 7.14. The van der Waals surface area contributed by atoms with E-state index in [9.17, 15) is 14.7 Å². The second kappa shape index (κ2) is 10.7. The van der Waals surface area contributed by atoms with Crippen LogP contribution < -0.4 is 0 Å². The second-order valence-electron chi connectivity index (χ2n) is 6.57. The fraction of sp³-hybridized carbons (Fsp3) is 0.455. The molecule has 0 bridgehead atoms. The van der Waals surface area contributed by atoms with Gasteiger partial charge in [0.25, 0.3) is 0 Å². The molecule has 1 fully saturated rings. The number of esters is 1. The number of ether oxygens (including phenoxy) is 1. The highest BCUT2D eigenvalue weighted by Crippen LogP contribution is 2.21. The molecular weight excluding hydrogens is 374 g/mol. The maximum atomic E-state index is 12.2. The lowest BCUT2D eigenvalue weighted by atomic mass is 10.00. The van der Waals surface area contributed by atoms with Crippen LogP contribution in [0.15, 0.2) is 24.3 Å². The summed E-state index contributed by atoms with van der Waals surface area (Å²) in [5.41, 5.74) is 0. The molecule has 6 heteroatoms. The summed E-state index contributed by atoms with van der Waals surface area (Å²) < 4.78 is 4.68. The standard InChI is InChI=1S/C22H25NO4S/c1-4-5-7-16(2)19(24)12-9-17-10-14-21(25)23(17)15-6-8-18-11-13-20(28-18)22(26)27-3/h9,11-13,16-17,19,24H,7,10,14-15H2,1-3H3/t16-,17-,19-/m0/s1. The predicted molar refractivity (Wildman–Crippen MR) is 110 cm³/mol. The van der Waals surface area contributed by atoms with Crippen molar-refractivity contribution < 1.29 is 19.4 Å². The number of likely N-dealkylation sites (tertiary alicyclic amines) is 1. The predicted octanol–water partition coefficient (Wildman–Crippen LogP) is 2.84. The minimum absolute atomic E-state index is 0.0388. The molecule has 0 spiro atoms. The fourth-order valence-corrected chi connectivity index (χ4v) is 3.60. The van der Waals surface area contributed by atoms with Crippen molar-refractivity contribution in [3.05, 3.63) is 34.0 Å². The normalized spacial score (nSPS) is 18.2. The Balaban J connectivity index is 1.97. The van der Waals surface area contributed by atoms with Crippen LogP contribution in [0.5, 0.6) is 0 Å². The Hall–Kier alpha value is -2.54. The number of aliphatic hydroxyl groups is 1. The van der Waals surface area contributed by atoms with Crippen molar-refractivity contribution in [1.82, 2.24) is 4.90 Å². The molecule has 0 radical (unpaired) electrons. The van der Waals surface area contributed by atoms with E-state index in [1.807, 2.05) is 13.0 Å². The molecule has 1 N–H and O–H groups in total. The van der Waals surface area contributed by atoms with Crippen molar-refractivity contribution in [3.8, 4) is 23.7 Å². The summed E-state index contributed by atoms with van der Waals surface area (Å²) in [6.07, 6.45) is 4.90. The van der Waals surface area contributed by atoms with Crippen LogP contribution in [0.4, 0.5) is 0 Å². The maximum absolute atomic E-state index is 12.2. The summed E-state index contributed by atoms with van der Waals surface area (Å²) in [6.45, 7) is 4.04. The molecule has 28 heavy (non-hydrogen) atoms.